The Bertz CT molecular complexity index is 132. The molecule has 1 fully saturated rings. The van der Waals surface area contributed by atoms with Crippen LogP contribution >= 0.6 is 0 Å². The lowest BCUT2D eigenvalue weighted by molar-refractivity contribution is -0.119. The Labute approximate surface area is 82.4 Å². The average molecular weight is 185 g/mol. The van der Waals surface area contributed by atoms with E-state index < -0.39 is 0 Å². The number of rotatable bonds is 1. The monoisotopic (exact) mass is 185 g/mol. The second-order valence-corrected chi connectivity index (χ2v) is 2.62. The van der Waals surface area contributed by atoms with Crippen LogP contribution in [0.25, 0.3) is 0 Å². The van der Waals surface area contributed by atoms with Crippen LogP contribution in [0.15, 0.2) is 12.7 Å². The highest BCUT2D eigenvalue weighted by molar-refractivity contribution is 5.78. The van der Waals surface area contributed by atoms with Crippen molar-refractivity contribution in [3.8, 4) is 0 Å². The van der Waals surface area contributed by atoms with Crippen LogP contribution in [0.3, 0.4) is 0 Å². The molecule has 0 aliphatic carbocycles. The molecule has 78 valence electrons. The van der Waals surface area contributed by atoms with Gasteiger partial charge in [-0.3, -0.25) is 4.79 Å². The smallest absolute Gasteiger partial charge is 0.220 e. The van der Waals surface area contributed by atoms with Gasteiger partial charge in [0.15, 0.2) is 0 Å². The van der Waals surface area contributed by atoms with Gasteiger partial charge in [0, 0.05) is 12.5 Å². The molecule has 0 aromatic heterocycles. The molecule has 1 N–H and O–H groups in total. The van der Waals surface area contributed by atoms with Gasteiger partial charge < -0.3 is 5.32 Å². The molecule has 0 unspecified atom stereocenters. The van der Waals surface area contributed by atoms with E-state index in [-0.39, 0.29) is 5.91 Å². The molecule has 1 aliphatic rings. The van der Waals surface area contributed by atoms with Gasteiger partial charge in [-0.15, -0.1) is 6.58 Å². The molecule has 0 aromatic rings. The molecular weight excluding hydrogens is 162 g/mol. The SMILES string of the molecule is C=CC.CC.CC[C@@H]1CCC(=O)N1. The second kappa shape index (κ2) is 11.2. The van der Waals surface area contributed by atoms with Crippen LogP contribution in [0.5, 0.6) is 0 Å². The normalized spacial score (nSPS) is 18.8. The molecule has 2 heteroatoms. The van der Waals surface area contributed by atoms with Crippen molar-refractivity contribution in [1.82, 2.24) is 5.32 Å². The summed E-state index contributed by atoms with van der Waals surface area (Å²) in [4.78, 5) is 10.5. The Morgan fingerprint density at radius 3 is 2.23 bits per heavy atom. The van der Waals surface area contributed by atoms with E-state index in [9.17, 15) is 4.79 Å². The molecule has 0 radical (unpaired) electrons. The Hall–Kier alpha value is -0.790. The molecule has 1 heterocycles. The van der Waals surface area contributed by atoms with Crippen LogP contribution < -0.4 is 5.32 Å². The number of amides is 1. The number of nitrogens with one attached hydrogen (secondary N) is 1. The maximum atomic E-state index is 10.5. The third-order valence-corrected chi connectivity index (χ3v) is 1.58. The van der Waals surface area contributed by atoms with E-state index in [1.54, 1.807) is 6.08 Å². The van der Waals surface area contributed by atoms with Gasteiger partial charge in [0.05, 0.1) is 0 Å². The third kappa shape index (κ3) is 9.12. The predicted octanol–water partition coefficient (Wildman–Crippen LogP) is 2.89. The predicted molar refractivity (Wildman–Crippen MR) is 58.7 cm³/mol. The van der Waals surface area contributed by atoms with E-state index in [1.165, 1.54) is 0 Å². The molecule has 1 aliphatic heterocycles. The van der Waals surface area contributed by atoms with Gasteiger partial charge in [-0.05, 0) is 19.8 Å². The van der Waals surface area contributed by atoms with Crippen LogP contribution in [0.1, 0.15) is 47.0 Å². The number of hydrogen-bond donors (Lipinski definition) is 1. The van der Waals surface area contributed by atoms with Crippen molar-refractivity contribution in [3.05, 3.63) is 12.7 Å². The number of allylic oxidation sites excluding steroid dienone is 1. The summed E-state index contributed by atoms with van der Waals surface area (Å²) in [6, 6.07) is 0.475. The molecule has 0 saturated carbocycles. The Morgan fingerprint density at radius 1 is 1.62 bits per heavy atom. The van der Waals surface area contributed by atoms with Crippen LogP contribution in [-0.2, 0) is 4.79 Å². The van der Waals surface area contributed by atoms with Gasteiger partial charge >= 0.3 is 0 Å². The quantitative estimate of drug-likeness (QED) is 0.625. The minimum Gasteiger partial charge on any atom is -0.353 e. The van der Waals surface area contributed by atoms with Crippen LogP contribution in [0.2, 0.25) is 0 Å². The minimum atomic E-state index is 0.219. The topological polar surface area (TPSA) is 29.1 Å². The molecule has 1 rings (SSSR count). The average Bonchev–Trinajstić information content (AvgIpc) is 2.56. The first kappa shape index (κ1) is 14.7. The minimum absolute atomic E-state index is 0.219. The fourth-order valence-corrected chi connectivity index (χ4v) is 0.984. The van der Waals surface area contributed by atoms with Crippen molar-refractivity contribution in [3.63, 3.8) is 0 Å². The summed E-state index contributed by atoms with van der Waals surface area (Å²) in [5, 5.41) is 2.86. The van der Waals surface area contributed by atoms with E-state index in [4.69, 9.17) is 0 Å². The summed E-state index contributed by atoms with van der Waals surface area (Å²) >= 11 is 0. The molecule has 1 atom stereocenters. The fourth-order valence-electron chi connectivity index (χ4n) is 0.984. The first-order valence-corrected chi connectivity index (χ1v) is 5.11. The van der Waals surface area contributed by atoms with Gasteiger partial charge in [-0.25, -0.2) is 0 Å². The second-order valence-electron chi connectivity index (χ2n) is 2.62. The maximum Gasteiger partial charge on any atom is 0.220 e. The number of carbonyl (C=O) groups excluding carboxylic acids is 1. The summed E-state index contributed by atoms with van der Waals surface area (Å²) in [6.45, 7) is 11.3. The Balaban J connectivity index is 0. The lowest BCUT2D eigenvalue weighted by Gasteiger charge is -2.02. The van der Waals surface area contributed by atoms with Crippen LogP contribution in [0.4, 0.5) is 0 Å². The van der Waals surface area contributed by atoms with Gasteiger partial charge in [-0.2, -0.15) is 0 Å². The molecule has 0 aromatic carbocycles. The first-order valence-electron chi connectivity index (χ1n) is 5.11. The van der Waals surface area contributed by atoms with Crippen molar-refractivity contribution >= 4 is 5.91 Å². The number of carbonyl (C=O) groups is 1. The zero-order valence-corrected chi connectivity index (χ0v) is 9.39. The van der Waals surface area contributed by atoms with E-state index in [2.05, 4.69) is 18.8 Å². The summed E-state index contributed by atoms with van der Waals surface area (Å²) in [6.07, 6.45) is 4.60. The van der Waals surface area contributed by atoms with E-state index in [1.807, 2.05) is 20.8 Å². The molecule has 13 heavy (non-hydrogen) atoms. The Morgan fingerprint density at radius 2 is 2.08 bits per heavy atom. The van der Waals surface area contributed by atoms with Gasteiger partial charge in [-0.1, -0.05) is 26.8 Å². The van der Waals surface area contributed by atoms with Gasteiger partial charge in [0.2, 0.25) is 5.91 Å². The van der Waals surface area contributed by atoms with Gasteiger partial charge in [0.1, 0.15) is 0 Å². The molecule has 2 nitrogen and oxygen atoms in total. The summed E-state index contributed by atoms with van der Waals surface area (Å²) in [5.74, 6) is 0.219. The first-order chi connectivity index (χ1) is 6.24. The van der Waals surface area contributed by atoms with Crippen LogP contribution in [-0.4, -0.2) is 11.9 Å². The molecule has 0 spiro atoms. The van der Waals surface area contributed by atoms with Crippen molar-refractivity contribution in [2.45, 2.75) is 53.0 Å². The molecular formula is C11H23NO. The van der Waals surface area contributed by atoms with Gasteiger partial charge in [0.25, 0.3) is 0 Å². The summed E-state index contributed by atoms with van der Waals surface area (Å²) < 4.78 is 0. The van der Waals surface area contributed by atoms with Crippen molar-refractivity contribution in [1.29, 1.82) is 0 Å². The third-order valence-electron chi connectivity index (χ3n) is 1.58. The molecule has 1 saturated heterocycles. The fraction of sp³-hybridized carbons (Fsp3) is 0.727. The molecule has 0 bridgehead atoms. The lowest BCUT2D eigenvalue weighted by atomic mass is 10.2. The molecule has 1 amide bonds. The number of hydrogen-bond acceptors (Lipinski definition) is 1. The standard InChI is InChI=1S/C6H11NO.C3H6.C2H6/c1-2-5-3-4-6(8)7-5;1-3-2;1-2/h5H,2-4H2,1H3,(H,7,8);3H,1H2,2H3;1-2H3/t5-;;/m1../s1. The van der Waals surface area contributed by atoms with E-state index in [0.29, 0.717) is 6.04 Å². The van der Waals surface area contributed by atoms with E-state index >= 15 is 0 Å². The van der Waals surface area contributed by atoms with Crippen molar-refractivity contribution < 1.29 is 4.79 Å². The lowest BCUT2D eigenvalue weighted by Crippen LogP contribution is -2.23. The Kier molecular flexibility index (Phi) is 12.7. The summed E-state index contributed by atoms with van der Waals surface area (Å²) in [5.41, 5.74) is 0. The summed E-state index contributed by atoms with van der Waals surface area (Å²) in [7, 11) is 0. The van der Waals surface area contributed by atoms with Crippen LogP contribution in [0, 0.1) is 0 Å². The maximum absolute atomic E-state index is 10.5. The van der Waals surface area contributed by atoms with Crippen molar-refractivity contribution in [2.75, 3.05) is 0 Å². The van der Waals surface area contributed by atoms with E-state index in [0.717, 1.165) is 19.3 Å². The zero-order chi connectivity index (χ0) is 10.7. The van der Waals surface area contributed by atoms with Crippen molar-refractivity contribution in [2.24, 2.45) is 0 Å². The zero-order valence-electron chi connectivity index (χ0n) is 9.39. The highest BCUT2D eigenvalue weighted by Gasteiger charge is 2.17. The highest BCUT2D eigenvalue weighted by atomic mass is 16.1. The largest absolute Gasteiger partial charge is 0.353 e. The highest BCUT2D eigenvalue weighted by Crippen LogP contribution is 2.08.